The van der Waals surface area contributed by atoms with E-state index in [2.05, 4.69) is 206 Å². The third kappa shape index (κ3) is 5.46. The van der Waals surface area contributed by atoms with E-state index in [9.17, 15) is 0 Å². The number of fused-ring (bicyclic) bond motifs is 5. The van der Waals surface area contributed by atoms with Crippen LogP contribution < -0.4 is 4.90 Å². The molecule has 256 valence electrons. The van der Waals surface area contributed by atoms with Gasteiger partial charge in [0, 0.05) is 26.8 Å². The van der Waals surface area contributed by atoms with Gasteiger partial charge in [0.2, 0.25) is 0 Å². The quantitative estimate of drug-likeness (QED) is 0.159. The number of hydrogen-bond donors (Lipinski definition) is 0. The molecule has 0 bridgehead atoms. The van der Waals surface area contributed by atoms with Crippen molar-refractivity contribution in [2.45, 2.75) is 13.3 Å². The first kappa shape index (κ1) is 32.2. The Morgan fingerprint density at radius 2 is 1.06 bits per heavy atom. The molecule has 10 rings (SSSR count). The van der Waals surface area contributed by atoms with Crippen LogP contribution in [0.15, 0.2) is 194 Å². The van der Waals surface area contributed by atoms with E-state index in [0.717, 1.165) is 17.8 Å². The molecule has 0 N–H and O–H groups in total. The molecule has 0 radical (unpaired) electrons. The molecule has 1 heterocycles. The van der Waals surface area contributed by atoms with E-state index >= 15 is 0 Å². The molecule has 54 heavy (non-hydrogen) atoms. The molecule has 2 heteroatoms. The maximum absolute atomic E-state index is 2.45. The highest BCUT2D eigenvalue weighted by molar-refractivity contribution is 7.26. The maximum Gasteiger partial charge on any atom is 0.0640 e. The fourth-order valence-corrected chi connectivity index (χ4v) is 9.51. The Labute approximate surface area is 320 Å². The molecular weight excluding hydrogens is 671 g/mol. The topological polar surface area (TPSA) is 3.24 Å². The van der Waals surface area contributed by atoms with Gasteiger partial charge in [-0.1, -0.05) is 165 Å². The van der Waals surface area contributed by atoms with Crippen LogP contribution in [0.1, 0.15) is 12.5 Å². The second kappa shape index (κ2) is 13.5. The fourth-order valence-electron chi connectivity index (χ4n) is 8.30. The Kier molecular flexibility index (Phi) is 8.04. The van der Waals surface area contributed by atoms with Crippen LogP contribution in [-0.2, 0) is 6.42 Å². The summed E-state index contributed by atoms with van der Waals surface area (Å²) >= 11 is 1.87. The van der Waals surface area contributed by atoms with E-state index < -0.39 is 0 Å². The Morgan fingerprint density at radius 3 is 1.93 bits per heavy atom. The summed E-state index contributed by atoms with van der Waals surface area (Å²) in [7, 11) is 0. The van der Waals surface area contributed by atoms with Gasteiger partial charge in [-0.2, -0.15) is 0 Å². The minimum atomic E-state index is 0.975. The van der Waals surface area contributed by atoms with Crippen molar-refractivity contribution in [3.63, 3.8) is 0 Å². The predicted octanol–water partition coefficient (Wildman–Crippen LogP) is 15.4. The average molecular weight is 708 g/mol. The first-order valence-electron chi connectivity index (χ1n) is 18.7. The lowest BCUT2D eigenvalue weighted by molar-refractivity contribution is 1.16. The van der Waals surface area contributed by atoms with Crippen molar-refractivity contribution in [2.75, 3.05) is 4.90 Å². The van der Waals surface area contributed by atoms with Crippen molar-refractivity contribution in [3.8, 4) is 33.4 Å². The highest BCUT2D eigenvalue weighted by atomic mass is 32.1. The molecule has 0 aliphatic carbocycles. The fraction of sp³-hybridized carbons (Fsp3) is 0.0385. The first-order valence-corrected chi connectivity index (χ1v) is 19.6. The molecule has 0 saturated heterocycles. The lowest BCUT2D eigenvalue weighted by Gasteiger charge is -2.27. The summed E-state index contributed by atoms with van der Waals surface area (Å²) in [5, 5.41) is 7.73. The van der Waals surface area contributed by atoms with E-state index in [1.165, 1.54) is 86.3 Å². The number of thiophene rings is 1. The van der Waals surface area contributed by atoms with Crippen molar-refractivity contribution in [1.82, 2.24) is 0 Å². The van der Waals surface area contributed by atoms with Crippen molar-refractivity contribution in [2.24, 2.45) is 0 Å². The monoisotopic (exact) mass is 707 g/mol. The third-order valence-electron chi connectivity index (χ3n) is 10.9. The van der Waals surface area contributed by atoms with E-state index in [1.807, 2.05) is 11.3 Å². The van der Waals surface area contributed by atoms with Gasteiger partial charge in [-0.3, -0.25) is 0 Å². The second-order valence-corrected chi connectivity index (χ2v) is 15.0. The number of hydrogen-bond acceptors (Lipinski definition) is 2. The van der Waals surface area contributed by atoms with Crippen LogP contribution >= 0.6 is 11.3 Å². The Bertz CT molecular complexity index is 2970. The molecule has 1 nitrogen and oxygen atoms in total. The van der Waals surface area contributed by atoms with Gasteiger partial charge >= 0.3 is 0 Å². The van der Waals surface area contributed by atoms with Crippen molar-refractivity contribution >= 4 is 70.1 Å². The molecule has 10 aromatic rings. The number of benzene rings is 9. The third-order valence-corrected chi connectivity index (χ3v) is 12.1. The van der Waals surface area contributed by atoms with Crippen LogP contribution in [0.25, 0.3) is 75.1 Å². The Balaban J connectivity index is 1.16. The summed E-state index contributed by atoms with van der Waals surface area (Å²) in [5.41, 5.74) is 12.2. The van der Waals surface area contributed by atoms with E-state index in [-0.39, 0.29) is 0 Å². The molecule has 0 spiro atoms. The van der Waals surface area contributed by atoms with Crippen LogP contribution in [-0.4, -0.2) is 0 Å². The van der Waals surface area contributed by atoms with Crippen LogP contribution in [0, 0.1) is 0 Å². The lowest BCUT2D eigenvalue weighted by atomic mass is 9.89. The van der Waals surface area contributed by atoms with Gasteiger partial charge in [0.05, 0.1) is 10.4 Å². The Morgan fingerprint density at radius 1 is 0.426 bits per heavy atom. The summed E-state index contributed by atoms with van der Waals surface area (Å²) in [6.07, 6.45) is 0.975. The molecule has 0 fully saturated rings. The maximum atomic E-state index is 2.45. The molecular formula is C52H37NS. The van der Waals surface area contributed by atoms with E-state index in [4.69, 9.17) is 0 Å². The smallest absolute Gasteiger partial charge is 0.0640 e. The largest absolute Gasteiger partial charge is 0.309 e. The van der Waals surface area contributed by atoms with Crippen molar-refractivity contribution in [1.29, 1.82) is 0 Å². The van der Waals surface area contributed by atoms with Gasteiger partial charge in [-0.05, 0) is 103 Å². The van der Waals surface area contributed by atoms with Gasteiger partial charge in [0.1, 0.15) is 0 Å². The first-order chi connectivity index (χ1) is 26.7. The van der Waals surface area contributed by atoms with Crippen LogP contribution in [0.4, 0.5) is 17.1 Å². The second-order valence-electron chi connectivity index (χ2n) is 13.9. The summed E-state index contributed by atoms with van der Waals surface area (Å²) in [4.78, 5) is 2.45. The molecule has 0 amide bonds. The zero-order valence-electron chi connectivity index (χ0n) is 30.0. The van der Waals surface area contributed by atoms with Gasteiger partial charge in [-0.15, -0.1) is 11.3 Å². The number of nitrogens with zero attached hydrogens (tertiary/aromatic N) is 1. The van der Waals surface area contributed by atoms with Gasteiger partial charge < -0.3 is 4.90 Å². The number of rotatable bonds is 7. The standard InChI is InChI=1S/C52H37NS/c1-2-35-30-33-44(47-24-12-23-45(51(35)47)37-14-4-3-5-15-37)39-18-10-19-41(34-39)53(49-26-13-25-48-46-21-8-9-27-50(46)54-52(48)49)40-31-28-38(29-32-40)43-22-11-17-36-16-6-7-20-42(36)43/h3-34H,2H2,1H3. The lowest BCUT2D eigenvalue weighted by Crippen LogP contribution is -2.10. The van der Waals surface area contributed by atoms with Crippen molar-refractivity contribution in [3.05, 3.63) is 200 Å². The summed E-state index contributed by atoms with van der Waals surface area (Å²) < 4.78 is 2.59. The van der Waals surface area contributed by atoms with Gasteiger partial charge in [0.15, 0.2) is 0 Å². The molecule has 0 unspecified atom stereocenters. The molecule has 0 saturated carbocycles. The minimum Gasteiger partial charge on any atom is -0.309 e. The molecule has 0 aliphatic rings. The van der Waals surface area contributed by atoms with Crippen molar-refractivity contribution < 1.29 is 0 Å². The predicted molar refractivity (Wildman–Crippen MR) is 235 cm³/mol. The van der Waals surface area contributed by atoms with Crippen LogP contribution in [0.5, 0.6) is 0 Å². The molecule has 1 aromatic heterocycles. The minimum absolute atomic E-state index is 0.975. The average Bonchev–Trinajstić information content (AvgIpc) is 3.63. The summed E-state index contributed by atoms with van der Waals surface area (Å²) in [6.45, 7) is 2.26. The summed E-state index contributed by atoms with van der Waals surface area (Å²) in [6, 6.07) is 71.2. The highest BCUT2D eigenvalue weighted by Gasteiger charge is 2.20. The Hall–Kier alpha value is -6.48. The zero-order valence-corrected chi connectivity index (χ0v) is 30.9. The molecule has 0 aliphatic heterocycles. The molecule has 9 aromatic carbocycles. The highest BCUT2D eigenvalue weighted by Crippen LogP contribution is 2.46. The normalized spacial score (nSPS) is 11.5. The number of anilines is 3. The van der Waals surface area contributed by atoms with Gasteiger partial charge in [-0.25, -0.2) is 0 Å². The summed E-state index contributed by atoms with van der Waals surface area (Å²) in [5.74, 6) is 0. The van der Waals surface area contributed by atoms with Crippen LogP contribution in [0.3, 0.4) is 0 Å². The SMILES string of the molecule is CCc1ccc(-c2cccc(N(c3ccc(-c4cccc5ccccc45)cc3)c3cccc4c3sc3ccccc34)c2)c2cccc(-c3ccccc3)c12. The number of aryl methyl sites for hydroxylation is 1. The van der Waals surface area contributed by atoms with Gasteiger partial charge in [0.25, 0.3) is 0 Å². The van der Waals surface area contributed by atoms with E-state index in [1.54, 1.807) is 0 Å². The van der Waals surface area contributed by atoms with E-state index in [0.29, 0.717) is 0 Å². The van der Waals surface area contributed by atoms with Crippen LogP contribution in [0.2, 0.25) is 0 Å². The molecule has 0 atom stereocenters. The zero-order chi connectivity index (χ0) is 36.0.